The molecule has 1 aliphatic carbocycles. The average Bonchev–Trinajstić information content (AvgIpc) is 2.84. The summed E-state index contributed by atoms with van der Waals surface area (Å²) < 4.78 is 1.28. The van der Waals surface area contributed by atoms with Crippen molar-refractivity contribution in [2.45, 2.75) is 57.2 Å². The van der Waals surface area contributed by atoms with Crippen molar-refractivity contribution in [3.05, 3.63) is 33.8 Å². The van der Waals surface area contributed by atoms with Gasteiger partial charge in [-0.2, -0.15) is 0 Å². The highest BCUT2D eigenvalue weighted by molar-refractivity contribution is 9.10. The topological polar surface area (TPSA) is 29.3 Å². The normalized spacial score (nSPS) is 29.2. The molecule has 0 amide bonds. The fraction of sp³-hybridized carbons (Fsp3) is 0.625. The molecule has 1 saturated heterocycles. The summed E-state index contributed by atoms with van der Waals surface area (Å²) >= 11 is 3.70. The molecule has 1 heterocycles. The fourth-order valence-corrected chi connectivity index (χ4v) is 4.44. The molecule has 0 spiro atoms. The molecule has 1 aromatic rings. The molecular formula is C16H23BrN2. The van der Waals surface area contributed by atoms with E-state index in [0.717, 1.165) is 0 Å². The number of piperidine rings is 1. The molecule has 3 heteroatoms. The minimum absolute atomic E-state index is 0.275. The van der Waals surface area contributed by atoms with Crippen LogP contribution in [-0.2, 0) is 6.42 Å². The van der Waals surface area contributed by atoms with Crippen LogP contribution in [0.4, 0.5) is 0 Å². The molecule has 0 radical (unpaired) electrons. The van der Waals surface area contributed by atoms with Gasteiger partial charge in [-0.25, -0.2) is 0 Å². The fourth-order valence-electron chi connectivity index (χ4n) is 3.86. The summed E-state index contributed by atoms with van der Waals surface area (Å²) in [4.78, 5) is 2.69. The Bertz CT molecular complexity index is 458. The molecule has 2 N–H and O–H groups in total. The van der Waals surface area contributed by atoms with Crippen LogP contribution in [0.25, 0.3) is 0 Å². The third-order valence-electron chi connectivity index (χ3n) is 4.78. The van der Waals surface area contributed by atoms with Gasteiger partial charge in [0.2, 0.25) is 0 Å². The molecule has 2 nitrogen and oxygen atoms in total. The van der Waals surface area contributed by atoms with Crippen LogP contribution in [0.5, 0.6) is 0 Å². The second kappa shape index (κ2) is 5.55. The van der Waals surface area contributed by atoms with E-state index in [-0.39, 0.29) is 6.04 Å². The molecule has 3 rings (SSSR count). The van der Waals surface area contributed by atoms with Crippen LogP contribution in [0, 0.1) is 0 Å². The molecule has 0 saturated carbocycles. The van der Waals surface area contributed by atoms with Crippen LogP contribution in [0.15, 0.2) is 22.7 Å². The van der Waals surface area contributed by atoms with Gasteiger partial charge in [-0.05, 0) is 56.3 Å². The van der Waals surface area contributed by atoms with Gasteiger partial charge in [0, 0.05) is 22.6 Å². The monoisotopic (exact) mass is 322 g/mol. The first-order valence-electron chi connectivity index (χ1n) is 7.47. The highest BCUT2D eigenvalue weighted by Gasteiger charge is 2.35. The molecule has 0 bridgehead atoms. The predicted molar refractivity (Wildman–Crippen MR) is 83.2 cm³/mol. The zero-order valence-electron chi connectivity index (χ0n) is 11.6. The second-order valence-electron chi connectivity index (χ2n) is 6.02. The summed E-state index contributed by atoms with van der Waals surface area (Å²) in [5.41, 5.74) is 9.27. The number of nitrogens with two attached hydrogens (primary N) is 1. The molecule has 1 fully saturated rings. The van der Waals surface area contributed by atoms with E-state index in [0.29, 0.717) is 12.1 Å². The molecular weight excluding hydrogens is 300 g/mol. The highest BCUT2D eigenvalue weighted by Crippen LogP contribution is 2.41. The van der Waals surface area contributed by atoms with Crippen LogP contribution in [-0.4, -0.2) is 23.5 Å². The van der Waals surface area contributed by atoms with Gasteiger partial charge in [-0.1, -0.05) is 34.5 Å². The molecule has 1 aliphatic heterocycles. The van der Waals surface area contributed by atoms with Crippen LogP contribution < -0.4 is 5.73 Å². The maximum Gasteiger partial charge on any atom is 0.0358 e. The Kier molecular flexibility index (Phi) is 3.97. The van der Waals surface area contributed by atoms with Crippen molar-refractivity contribution in [1.29, 1.82) is 0 Å². The van der Waals surface area contributed by atoms with E-state index >= 15 is 0 Å². The Morgan fingerprint density at radius 2 is 2.16 bits per heavy atom. The standard InChI is InChI=1S/C16H23BrN2/c1-11(18)15-7-2-3-10-19(15)16-9-8-12-13(16)5-4-6-14(12)17/h4-6,11,15-16H,2-3,7-10,18H2,1H3. The van der Waals surface area contributed by atoms with E-state index < -0.39 is 0 Å². The molecule has 3 atom stereocenters. The van der Waals surface area contributed by atoms with Crippen molar-refractivity contribution in [1.82, 2.24) is 4.90 Å². The second-order valence-corrected chi connectivity index (χ2v) is 6.88. The number of rotatable bonds is 2. The van der Waals surface area contributed by atoms with Gasteiger partial charge < -0.3 is 5.73 Å². The van der Waals surface area contributed by atoms with Crippen molar-refractivity contribution in [2.24, 2.45) is 5.73 Å². The first-order chi connectivity index (χ1) is 9.18. The maximum atomic E-state index is 6.22. The molecule has 0 aromatic heterocycles. The lowest BCUT2D eigenvalue weighted by molar-refractivity contribution is 0.0811. The summed E-state index contributed by atoms with van der Waals surface area (Å²) in [7, 11) is 0. The minimum atomic E-state index is 0.275. The third-order valence-corrected chi connectivity index (χ3v) is 5.52. The zero-order valence-corrected chi connectivity index (χ0v) is 13.2. The van der Waals surface area contributed by atoms with Crippen molar-refractivity contribution in [3.8, 4) is 0 Å². The Morgan fingerprint density at radius 1 is 1.32 bits per heavy atom. The largest absolute Gasteiger partial charge is 0.327 e. The van der Waals surface area contributed by atoms with E-state index in [9.17, 15) is 0 Å². The number of benzene rings is 1. The quantitative estimate of drug-likeness (QED) is 0.900. The van der Waals surface area contributed by atoms with Gasteiger partial charge in [0.05, 0.1) is 0 Å². The van der Waals surface area contributed by atoms with Crippen LogP contribution in [0.3, 0.4) is 0 Å². The van der Waals surface area contributed by atoms with Gasteiger partial charge in [0.25, 0.3) is 0 Å². The van der Waals surface area contributed by atoms with Gasteiger partial charge >= 0.3 is 0 Å². The Morgan fingerprint density at radius 3 is 2.95 bits per heavy atom. The van der Waals surface area contributed by atoms with E-state index in [1.165, 1.54) is 54.2 Å². The van der Waals surface area contributed by atoms with E-state index in [4.69, 9.17) is 5.73 Å². The molecule has 2 aliphatic rings. The number of nitrogens with zero attached hydrogens (tertiary/aromatic N) is 1. The zero-order chi connectivity index (χ0) is 13.4. The highest BCUT2D eigenvalue weighted by atomic mass is 79.9. The van der Waals surface area contributed by atoms with Crippen molar-refractivity contribution in [2.75, 3.05) is 6.54 Å². The van der Waals surface area contributed by atoms with Crippen LogP contribution >= 0.6 is 15.9 Å². The lowest BCUT2D eigenvalue weighted by atomic mass is 9.93. The first kappa shape index (κ1) is 13.6. The molecule has 19 heavy (non-hydrogen) atoms. The van der Waals surface area contributed by atoms with Gasteiger partial charge in [0.15, 0.2) is 0 Å². The van der Waals surface area contributed by atoms with Crippen LogP contribution in [0.1, 0.15) is 49.8 Å². The average molecular weight is 323 g/mol. The summed E-state index contributed by atoms with van der Waals surface area (Å²) in [6, 6.07) is 8.07. The lowest BCUT2D eigenvalue weighted by Gasteiger charge is -2.42. The summed E-state index contributed by atoms with van der Waals surface area (Å²) in [5.74, 6) is 0. The van der Waals surface area contributed by atoms with Gasteiger partial charge in [0.1, 0.15) is 0 Å². The Labute approximate surface area is 124 Å². The number of likely N-dealkylation sites (tertiary alicyclic amines) is 1. The third kappa shape index (κ3) is 2.48. The predicted octanol–water partition coefficient (Wildman–Crippen LogP) is 3.64. The smallest absolute Gasteiger partial charge is 0.0358 e. The molecule has 104 valence electrons. The SMILES string of the molecule is CC(N)C1CCCCN1C1CCc2c(Br)cccc21. The van der Waals surface area contributed by atoms with Gasteiger partial charge in [-0.3, -0.25) is 4.90 Å². The van der Waals surface area contributed by atoms with E-state index in [2.05, 4.69) is 46.0 Å². The molecule has 3 unspecified atom stereocenters. The van der Waals surface area contributed by atoms with Gasteiger partial charge in [-0.15, -0.1) is 0 Å². The van der Waals surface area contributed by atoms with Crippen molar-refractivity contribution < 1.29 is 0 Å². The van der Waals surface area contributed by atoms with Crippen molar-refractivity contribution >= 4 is 15.9 Å². The number of hydrogen-bond donors (Lipinski definition) is 1. The Hall–Kier alpha value is -0.380. The lowest BCUT2D eigenvalue weighted by Crippen LogP contribution is -2.50. The summed E-state index contributed by atoms with van der Waals surface area (Å²) in [6.07, 6.45) is 6.37. The minimum Gasteiger partial charge on any atom is -0.327 e. The van der Waals surface area contributed by atoms with E-state index in [1.807, 2.05) is 0 Å². The number of halogens is 1. The Balaban J connectivity index is 1.89. The maximum absolute atomic E-state index is 6.22. The first-order valence-corrected chi connectivity index (χ1v) is 8.26. The van der Waals surface area contributed by atoms with Crippen LogP contribution in [0.2, 0.25) is 0 Å². The number of hydrogen-bond acceptors (Lipinski definition) is 2. The summed E-state index contributed by atoms with van der Waals surface area (Å²) in [5, 5.41) is 0. The van der Waals surface area contributed by atoms with Crippen molar-refractivity contribution in [3.63, 3.8) is 0 Å². The number of fused-ring (bicyclic) bond motifs is 1. The van der Waals surface area contributed by atoms with E-state index in [1.54, 1.807) is 0 Å². The summed E-state index contributed by atoms with van der Waals surface area (Å²) in [6.45, 7) is 3.38. The molecule has 1 aromatic carbocycles.